The van der Waals surface area contributed by atoms with Gasteiger partial charge in [-0.3, -0.25) is 4.79 Å². The first kappa shape index (κ1) is 30.3. The maximum atomic E-state index is 12.7. The van der Waals surface area contributed by atoms with Crippen LogP contribution in [0.1, 0.15) is 135 Å². The monoisotopic (exact) mass is 520 g/mol. The molecule has 1 heterocycles. The minimum Gasteiger partial charge on any atom is -0.426 e. The second-order valence-corrected chi connectivity index (χ2v) is 11.5. The maximum Gasteiger partial charge on any atom is 0.314 e. The standard InChI is InChI=1S/C34H52N2O2/c1-3-5-7-8-9-10-11-12-13-15-17-29-26-35-33(36-27-29)30-22-24-32(25-23-30)38-34(37)31-20-18-28(19-21-31)16-14-6-4-2/h22-28,31H,3-21H2,1-2H3. The molecule has 0 spiro atoms. The van der Waals surface area contributed by atoms with Crippen molar-refractivity contribution in [2.24, 2.45) is 11.8 Å². The zero-order valence-electron chi connectivity index (χ0n) is 24.3. The van der Waals surface area contributed by atoms with Crippen LogP contribution in [0.25, 0.3) is 11.4 Å². The summed E-state index contributed by atoms with van der Waals surface area (Å²) in [6, 6.07) is 7.63. The Kier molecular flexibility index (Phi) is 14.5. The number of carbonyl (C=O) groups excluding carboxylic acids is 1. The van der Waals surface area contributed by atoms with Gasteiger partial charge < -0.3 is 4.74 Å². The summed E-state index contributed by atoms with van der Waals surface area (Å²) in [5.74, 6) is 2.10. The largest absolute Gasteiger partial charge is 0.426 e. The molecule has 0 saturated heterocycles. The molecule has 2 aromatic rings. The molecule has 1 aromatic heterocycles. The number of rotatable bonds is 18. The van der Waals surface area contributed by atoms with Gasteiger partial charge in [-0.25, -0.2) is 9.97 Å². The molecule has 4 nitrogen and oxygen atoms in total. The van der Waals surface area contributed by atoms with E-state index >= 15 is 0 Å². The Morgan fingerprint density at radius 1 is 0.737 bits per heavy atom. The number of hydrogen-bond donors (Lipinski definition) is 0. The van der Waals surface area contributed by atoms with Crippen molar-refractivity contribution in [2.75, 3.05) is 0 Å². The number of unbranched alkanes of at least 4 members (excludes halogenated alkanes) is 11. The van der Waals surface area contributed by atoms with E-state index in [9.17, 15) is 4.79 Å². The third-order valence-electron chi connectivity index (χ3n) is 8.25. The number of carbonyl (C=O) groups is 1. The second kappa shape index (κ2) is 18.1. The Balaban J connectivity index is 1.32. The quantitative estimate of drug-likeness (QED) is 0.111. The van der Waals surface area contributed by atoms with Gasteiger partial charge in [-0.2, -0.15) is 0 Å². The number of ether oxygens (including phenoxy) is 1. The smallest absolute Gasteiger partial charge is 0.314 e. The lowest BCUT2D eigenvalue weighted by atomic mass is 9.80. The van der Waals surface area contributed by atoms with E-state index in [1.165, 1.54) is 95.5 Å². The maximum absolute atomic E-state index is 12.7. The Labute approximate surface area is 232 Å². The molecule has 1 fully saturated rings. The summed E-state index contributed by atoms with van der Waals surface area (Å²) in [5.41, 5.74) is 2.15. The molecule has 0 N–H and O–H groups in total. The highest BCUT2D eigenvalue weighted by Gasteiger charge is 2.27. The SMILES string of the molecule is CCCCCCCCCCCCc1cnc(-c2ccc(OC(=O)C3CCC(CCCCC)CC3)cc2)nc1. The van der Waals surface area contributed by atoms with Gasteiger partial charge in [0.25, 0.3) is 0 Å². The highest BCUT2D eigenvalue weighted by molar-refractivity contribution is 5.75. The van der Waals surface area contributed by atoms with Gasteiger partial charge in [0.2, 0.25) is 0 Å². The van der Waals surface area contributed by atoms with Crippen molar-refractivity contribution < 1.29 is 9.53 Å². The summed E-state index contributed by atoms with van der Waals surface area (Å²) in [5, 5.41) is 0. The van der Waals surface area contributed by atoms with Gasteiger partial charge in [-0.05, 0) is 74.3 Å². The average molecular weight is 521 g/mol. The predicted molar refractivity (Wildman–Crippen MR) is 158 cm³/mol. The van der Waals surface area contributed by atoms with Crippen LogP contribution in [-0.4, -0.2) is 15.9 Å². The normalized spacial score (nSPS) is 17.4. The molecule has 1 aliphatic rings. The number of aryl methyl sites for hydroxylation is 1. The fourth-order valence-corrected chi connectivity index (χ4v) is 5.69. The molecule has 1 aromatic carbocycles. The van der Waals surface area contributed by atoms with E-state index in [4.69, 9.17) is 4.74 Å². The summed E-state index contributed by atoms with van der Waals surface area (Å²) in [6.07, 6.45) is 28.0. The van der Waals surface area contributed by atoms with Crippen LogP contribution in [0.2, 0.25) is 0 Å². The molecule has 0 amide bonds. The molecular weight excluding hydrogens is 468 g/mol. The van der Waals surface area contributed by atoms with E-state index in [1.807, 2.05) is 36.7 Å². The number of hydrogen-bond acceptors (Lipinski definition) is 4. The molecule has 0 aliphatic heterocycles. The number of aromatic nitrogens is 2. The van der Waals surface area contributed by atoms with Crippen LogP contribution in [0.15, 0.2) is 36.7 Å². The lowest BCUT2D eigenvalue weighted by molar-refractivity contribution is -0.140. The highest BCUT2D eigenvalue weighted by atomic mass is 16.5. The van der Waals surface area contributed by atoms with Crippen molar-refractivity contribution in [1.29, 1.82) is 0 Å². The van der Waals surface area contributed by atoms with Crippen molar-refractivity contribution in [1.82, 2.24) is 9.97 Å². The topological polar surface area (TPSA) is 52.1 Å². The molecule has 3 rings (SSSR count). The van der Waals surface area contributed by atoms with Gasteiger partial charge in [0.05, 0.1) is 5.92 Å². The van der Waals surface area contributed by atoms with Crippen molar-refractivity contribution in [2.45, 2.75) is 136 Å². The fraction of sp³-hybridized carbons (Fsp3) is 0.676. The zero-order valence-corrected chi connectivity index (χ0v) is 24.3. The molecule has 0 radical (unpaired) electrons. The van der Waals surface area contributed by atoms with E-state index in [0.717, 1.165) is 49.4 Å². The Hall–Kier alpha value is -2.23. The third-order valence-corrected chi connectivity index (χ3v) is 8.25. The summed E-state index contributed by atoms with van der Waals surface area (Å²) in [6.45, 7) is 4.53. The van der Waals surface area contributed by atoms with E-state index in [-0.39, 0.29) is 11.9 Å². The molecule has 0 unspecified atom stereocenters. The van der Waals surface area contributed by atoms with Gasteiger partial charge in [0, 0.05) is 18.0 Å². The van der Waals surface area contributed by atoms with Crippen molar-refractivity contribution in [3.8, 4) is 17.1 Å². The predicted octanol–water partition coefficient (Wildman–Crippen LogP) is 9.90. The Morgan fingerprint density at radius 3 is 1.89 bits per heavy atom. The molecule has 1 saturated carbocycles. The van der Waals surface area contributed by atoms with Gasteiger partial charge >= 0.3 is 5.97 Å². The van der Waals surface area contributed by atoms with Gasteiger partial charge in [0.1, 0.15) is 5.75 Å². The summed E-state index contributed by atoms with van der Waals surface area (Å²) >= 11 is 0. The van der Waals surface area contributed by atoms with Crippen LogP contribution in [0.3, 0.4) is 0 Å². The number of esters is 1. The molecule has 0 bridgehead atoms. The van der Waals surface area contributed by atoms with E-state index in [0.29, 0.717) is 5.75 Å². The van der Waals surface area contributed by atoms with E-state index in [1.54, 1.807) is 0 Å². The molecular formula is C34H52N2O2. The van der Waals surface area contributed by atoms with Crippen LogP contribution in [0.5, 0.6) is 5.75 Å². The van der Waals surface area contributed by atoms with Crippen LogP contribution in [0, 0.1) is 11.8 Å². The molecule has 0 atom stereocenters. The Bertz CT molecular complexity index is 886. The number of nitrogens with zero attached hydrogens (tertiary/aromatic N) is 2. The molecule has 1 aliphatic carbocycles. The van der Waals surface area contributed by atoms with Gasteiger partial charge in [-0.1, -0.05) is 97.3 Å². The van der Waals surface area contributed by atoms with Crippen LogP contribution in [-0.2, 0) is 11.2 Å². The van der Waals surface area contributed by atoms with Crippen molar-refractivity contribution in [3.63, 3.8) is 0 Å². The third kappa shape index (κ3) is 11.3. The first-order chi connectivity index (χ1) is 18.7. The summed E-state index contributed by atoms with van der Waals surface area (Å²) in [7, 11) is 0. The van der Waals surface area contributed by atoms with Crippen molar-refractivity contribution >= 4 is 5.97 Å². The average Bonchev–Trinajstić information content (AvgIpc) is 2.95. The first-order valence-electron chi connectivity index (χ1n) is 15.8. The second-order valence-electron chi connectivity index (χ2n) is 11.5. The molecule has 210 valence electrons. The van der Waals surface area contributed by atoms with Crippen molar-refractivity contribution in [3.05, 3.63) is 42.2 Å². The highest BCUT2D eigenvalue weighted by Crippen LogP contribution is 2.33. The van der Waals surface area contributed by atoms with Crippen LogP contribution < -0.4 is 4.74 Å². The van der Waals surface area contributed by atoms with Gasteiger partial charge in [0.15, 0.2) is 5.82 Å². The van der Waals surface area contributed by atoms with E-state index in [2.05, 4.69) is 23.8 Å². The molecule has 4 heteroatoms. The zero-order chi connectivity index (χ0) is 26.8. The number of benzene rings is 1. The molecule has 38 heavy (non-hydrogen) atoms. The fourth-order valence-electron chi connectivity index (χ4n) is 5.69. The van der Waals surface area contributed by atoms with Gasteiger partial charge in [-0.15, -0.1) is 0 Å². The minimum atomic E-state index is -0.0719. The Morgan fingerprint density at radius 2 is 1.29 bits per heavy atom. The lowest BCUT2D eigenvalue weighted by Gasteiger charge is -2.27. The first-order valence-corrected chi connectivity index (χ1v) is 15.8. The summed E-state index contributed by atoms with van der Waals surface area (Å²) in [4.78, 5) is 21.9. The van der Waals surface area contributed by atoms with Crippen LogP contribution >= 0.6 is 0 Å². The lowest BCUT2D eigenvalue weighted by Crippen LogP contribution is -2.25. The van der Waals surface area contributed by atoms with Crippen LogP contribution in [0.4, 0.5) is 0 Å². The van der Waals surface area contributed by atoms with E-state index < -0.39 is 0 Å². The summed E-state index contributed by atoms with van der Waals surface area (Å²) < 4.78 is 5.72. The minimum absolute atomic E-state index is 0.0449.